The molecular formula is C20H30N4O. The lowest BCUT2D eigenvalue weighted by Crippen LogP contribution is -2.52. The van der Waals surface area contributed by atoms with Gasteiger partial charge in [0.05, 0.1) is 0 Å². The second-order valence-corrected chi connectivity index (χ2v) is 9.30. The van der Waals surface area contributed by atoms with Crippen molar-refractivity contribution in [3.05, 3.63) is 18.2 Å². The second-order valence-electron chi connectivity index (χ2n) is 9.30. The monoisotopic (exact) mass is 342 g/mol. The SMILES string of the molecule is Cn1ccnc1C1CNCCN1C(=O)CC12CC3CC(CC(C3)C1)C2. The van der Waals surface area contributed by atoms with E-state index in [9.17, 15) is 4.79 Å². The second kappa shape index (κ2) is 5.83. The van der Waals surface area contributed by atoms with E-state index in [-0.39, 0.29) is 6.04 Å². The van der Waals surface area contributed by atoms with Crippen molar-refractivity contribution in [1.82, 2.24) is 19.8 Å². The highest BCUT2D eigenvalue weighted by molar-refractivity contribution is 5.77. The first kappa shape index (κ1) is 15.9. The number of carbonyl (C=O) groups excluding carboxylic acids is 1. The molecule has 136 valence electrons. The zero-order valence-corrected chi connectivity index (χ0v) is 15.3. The molecule has 4 aliphatic carbocycles. The number of hydrogen-bond acceptors (Lipinski definition) is 3. The standard InChI is InChI=1S/C20H30N4O/c1-23-4-3-22-19(23)17-13-21-2-5-24(17)18(25)12-20-9-14-6-15(10-20)8-16(7-14)11-20/h3-4,14-17,21H,2,5-13H2,1H3. The number of nitrogens with one attached hydrogen (secondary N) is 1. The molecular weight excluding hydrogens is 312 g/mol. The highest BCUT2D eigenvalue weighted by Crippen LogP contribution is 2.61. The van der Waals surface area contributed by atoms with Crippen LogP contribution >= 0.6 is 0 Å². The van der Waals surface area contributed by atoms with Gasteiger partial charge in [-0.05, 0) is 61.7 Å². The summed E-state index contributed by atoms with van der Waals surface area (Å²) in [4.78, 5) is 20.0. The Kier molecular flexibility index (Phi) is 3.70. The van der Waals surface area contributed by atoms with E-state index in [0.717, 1.165) is 49.6 Å². The third-order valence-electron chi connectivity index (χ3n) is 7.41. The summed E-state index contributed by atoms with van der Waals surface area (Å²) in [5.41, 5.74) is 0.322. The van der Waals surface area contributed by atoms with Crippen molar-refractivity contribution in [2.45, 2.75) is 51.0 Å². The van der Waals surface area contributed by atoms with E-state index in [1.165, 1.54) is 38.5 Å². The van der Waals surface area contributed by atoms with Crippen LogP contribution in [0.1, 0.15) is 56.8 Å². The zero-order valence-electron chi connectivity index (χ0n) is 15.3. The summed E-state index contributed by atoms with van der Waals surface area (Å²) in [6.45, 7) is 2.52. The van der Waals surface area contributed by atoms with Crippen molar-refractivity contribution in [1.29, 1.82) is 0 Å². The molecule has 6 rings (SSSR count). The molecule has 0 radical (unpaired) electrons. The molecule has 0 aromatic carbocycles. The topological polar surface area (TPSA) is 50.2 Å². The van der Waals surface area contributed by atoms with Crippen LogP contribution in [0.15, 0.2) is 12.4 Å². The van der Waals surface area contributed by atoms with Gasteiger partial charge in [-0.2, -0.15) is 0 Å². The first-order chi connectivity index (χ1) is 12.1. The summed E-state index contributed by atoms with van der Waals surface area (Å²) in [5.74, 6) is 4.11. The Labute approximate surface area is 150 Å². The van der Waals surface area contributed by atoms with Crippen LogP contribution in [0, 0.1) is 23.2 Å². The smallest absolute Gasteiger partial charge is 0.223 e. The number of aryl methyl sites for hydroxylation is 1. The quantitative estimate of drug-likeness (QED) is 0.918. The maximum Gasteiger partial charge on any atom is 0.223 e. The lowest BCUT2D eigenvalue weighted by Gasteiger charge is -2.57. The maximum absolute atomic E-state index is 13.4. The Balaban J connectivity index is 1.35. The summed E-state index contributed by atoms with van der Waals surface area (Å²) >= 11 is 0. The van der Waals surface area contributed by atoms with Crippen molar-refractivity contribution < 1.29 is 4.79 Å². The third kappa shape index (κ3) is 2.71. The molecule has 0 spiro atoms. The van der Waals surface area contributed by atoms with Crippen LogP contribution in [0.2, 0.25) is 0 Å². The molecule has 1 unspecified atom stereocenters. The van der Waals surface area contributed by atoms with Crippen LogP contribution in [0.3, 0.4) is 0 Å². The van der Waals surface area contributed by atoms with Crippen LogP contribution in [0.25, 0.3) is 0 Å². The minimum Gasteiger partial charge on any atom is -0.336 e. The van der Waals surface area contributed by atoms with Crippen LogP contribution in [0.5, 0.6) is 0 Å². The van der Waals surface area contributed by atoms with Crippen LogP contribution < -0.4 is 5.32 Å². The summed E-state index contributed by atoms with van der Waals surface area (Å²) in [5, 5.41) is 3.45. The molecule has 1 aromatic rings. The molecule has 1 atom stereocenters. The first-order valence-electron chi connectivity index (χ1n) is 10.1. The predicted octanol–water partition coefficient (Wildman–Crippen LogP) is 2.50. The molecule has 5 fully saturated rings. The van der Waals surface area contributed by atoms with Gasteiger partial charge in [-0.3, -0.25) is 4.79 Å². The number of piperazine rings is 1. The molecule has 5 nitrogen and oxygen atoms in total. The summed E-state index contributed by atoms with van der Waals surface area (Å²) in [6, 6.07) is 0.0789. The van der Waals surface area contributed by atoms with Gasteiger partial charge in [0, 0.05) is 45.5 Å². The summed E-state index contributed by atoms with van der Waals surface area (Å²) < 4.78 is 2.06. The molecule has 1 saturated heterocycles. The number of carbonyl (C=O) groups is 1. The Morgan fingerprint density at radius 3 is 2.52 bits per heavy atom. The Morgan fingerprint density at radius 2 is 1.92 bits per heavy atom. The third-order valence-corrected chi connectivity index (χ3v) is 7.41. The molecule has 25 heavy (non-hydrogen) atoms. The van der Waals surface area contributed by atoms with Crippen LogP contribution in [-0.2, 0) is 11.8 Å². The first-order valence-corrected chi connectivity index (χ1v) is 10.1. The normalized spacial score (nSPS) is 39.8. The predicted molar refractivity (Wildman–Crippen MR) is 95.8 cm³/mol. The van der Waals surface area contributed by atoms with Crippen molar-refractivity contribution >= 4 is 5.91 Å². The lowest BCUT2D eigenvalue weighted by atomic mass is 9.49. The Bertz CT molecular complexity index is 631. The van der Waals surface area contributed by atoms with Gasteiger partial charge in [0.1, 0.15) is 11.9 Å². The number of rotatable bonds is 3. The molecule has 1 aliphatic heterocycles. The summed E-state index contributed by atoms with van der Waals surface area (Å²) in [6.07, 6.45) is 12.8. The van der Waals surface area contributed by atoms with E-state index in [4.69, 9.17) is 0 Å². The van der Waals surface area contributed by atoms with Gasteiger partial charge in [-0.25, -0.2) is 4.98 Å². The molecule has 4 saturated carbocycles. The number of aromatic nitrogens is 2. The van der Waals surface area contributed by atoms with Crippen LogP contribution in [0.4, 0.5) is 0 Å². The van der Waals surface area contributed by atoms with E-state index in [1.807, 2.05) is 19.4 Å². The minimum absolute atomic E-state index is 0.0789. The molecule has 5 aliphatic rings. The van der Waals surface area contributed by atoms with Gasteiger partial charge in [0.2, 0.25) is 5.91 Å². The largest absolute Gasteiger partial charge is 0.336 e. The van der Waals surface area contributed by atoms with Gasteiger partial charge in [-0.1, -0.05) is 0 Å². The van der Waals surface area contributed by atoms with Gasteiger partial charge >= 0.3 is 0 Å². The van der Waals surface area contributed by atoms with Crippen LogP contribution in [-0.4, -0.2) is 40.0 Å². The molecule has 2 heterocycles. The number of nitrogens with zero attached hydrogens (tertiary/aromatic N) is 3. The molecule has 1 amide bonds. The van der Waals surface area contributed by atoms with E-state index >= 15 is 0 Å². The fourth-order valence-corrected chi connectivity index (χ4v) is 6.86. The molecule has 4 bridgehead atoms. The van der Waals surface area contributed by atoms with Crippen molar-refractivity contribution in [3.8, 4) is 0 Å². The number of hydrogen-bond donors (Lipinski definition) is 1. The van der Waals surface area contributed by atoms with Crippen molar-refractivity contribution in [2.24, 2.45) is 30.2 Å². The van der Waals surface area contributed by atoms with E-state index < -0.39 is 0 Å². The average molecular weight is 342 g/mol. The fourth-order valence-electron chi connectivity index (χ4n) is 6.86. The number of amides is 1. The van der Waals surface area contributed by atoms with Gasteiger partial charge in [0.15, 0.2) is 0 Å². The molecule has 1 N–H and O–H groups in total. The van der Waals surface area contributed by atoms with E-state index in [2.05, 4.69) is 19.8 Å². The average Bonchev–Trinajstić information content (AvgIpc) is 2.99. The lowest BCUT2D eigenvalue weighted by molar-refractivity contribution is -0.143. The van der Waals surface area contributed by atoms with E-state index in [1.54, 1.807) is 0 Å². The summed E-state index contributed by atoms with van der Waals surface area (Å²) in [7, 11) is 2.03. The van der Waals surface area contributed by atoms with Gasteiger partial charge < -0.3 is 14.8 Å². The number of imidazole rings is 1. The Hall–Kier alpha value is -1.36. The van der Waals surface area contributed by atoms with Gasteiger partial charge in [0.25, 0.3) is 0 Å². The van der Waals surface area contributed by atoms with Crippen molar-refractivity contribution in [3.63, 3.8) is 0 Å². The fraction of sp³-hybridized carbons (Fsp3) is 0.800. The highest BCUT2D eigenvalue weighted by atomic mass is 16.2. The Morgan fingerprint density at radius 1 is 1.24 bits per heavy atom. The highest BCUT2D eigenvalue weighted by Gasteiger charge is 2.52. The zero-order chi connectivity index (χ0) is 17.0. The van der Waals surface area contributed by atoms with Crippen molar-refractivity contribution in [2.75, 3.05) is 19.6 Å². The molecule has 1 aromatic heterocycles. The minimum atomic E-state index is 0.0789. The molecule has 5 heteroatoms. The van der Waals surface area contributed by atoms with E-state index in [0.29, 0.717) is 11.3 Å². The van der Waals surface area contributed by atoms with Gasteiger partial charge in [-0.15, -0.1) is 0 Å². The maximum atomic E-state index is 13.4.